The molecule has 1 saturated heterocycles. The molecule has 214 valence electrons. The summed E-state index contributed by atoms with van der Waals surface area (Å²) in [6, 6.07) is 8.70. The van der Waals surface area contributed by atoms with E-state index in [1.807, 2.05) is 12.1 Å². The van der Waals surface area contributed by atoms with Crippen molar-refractivity contribution in [3.63, 3.8) is 0 Å². The Hall–Kier alpha value is -2.71. The topological polar surface area (TPSA) is 88.0 Å². The molecule has 4 bridgehead atoms. The van der Waals surface area contributed by atoms with Gasteiger partial charge in [-0.1, -0.05) is 23.2 Å². The van der Waals surface area contributed by atoms with Gasteiger partial charge in [0, 0.05) is 49.5 Å². The molecule has 40 heavy (non-hydrogen) atoms. The lowest BCUT2D eigenvalue weighted by Gasteiger charge is -2.59. The van der Waals surface area contributed by atoms with E-state index in [9.17, 15) is 14.9 Å². The molecule has 5 aliphatic rings. The van der Waals surface area contributed by atoms with E-state index in [0.29, 0.717) is 53.2 Å². The van der Waals surface area contributed by atoms with Crippen LogP contribution in [0.2, 0.25) is 10.0 Å². The summed E-state index contributed by atoms with van der Waals surface area (Å²) in [5.41, 5.74) is 2.28. The zero-order valence-electron chi connectivity index (χ0n) is 23.0. The van der Waals surface area contributed by atoms with E-state index < -0.39 is 0 Å². The van der Waals surface area contributed by atoms with Crippen LogP contribution in [0, 0.1) is 33.3 Å². The maximum absolute atomic E-state index is 13.2. The van der Waals surface area contributed by atoms with Crippen molar-refractivity contribution >= 4 is 46.2 Å². The van der Waals surface area contributed by atoms with Gasteiger partial charge in [0.05, 0.1) is 22.1 Å². The van der Waals surface area contributed by atoms with Crippen molar-refractivity contribution in [1.29, 1.82) is 0 Å². The Morgan fingerprint density at radius 3 is 2.12 bits per heavy atom. The van der Waals surface area contributed by atoms with Crippen LogP contribution >= 0.6 is 23.2 Å². The van der Waals surface area contributed by atoms with Crippen LogP contribution in [0.25, 0.3) is 0 Å². The van der Waals surface area contributed by atoms with Crippen molar-refractivity contribution in [1.82, 2.24) is 4.90 Å². The van der Waals surface area contributed by atoms with Gasteiger partial charge in [0.2, 0.25) is 0 Å². The minimum absolute atomic E-state index is 0.113. The number of carbonyl (C=O) groups is 1. The molecule has 0 aromatic heterocycles. The highest BCUT2D eigenvalue weighted by Crippen LogP contribution is 2.61. The molecule has 5 fully saturated rings. The molecule has 1 heterocycles. The van der Waals surface area contributed by atoms with Gasteiger partial charge in [0.15, 0.2) is 5.75 Å². The van der Waals surface area contributed by atoms with Crippen LogP contribution in [0.1, 0.15) is 55.8 Å². The van der Waals surface area contributed by atoms with Crippen LogP contribution in [0.4, 0.5) is 17.1 Å². The van der Waals surface area contributed by atoms with E-state index in [1.165, 1.54) is 45.6 Å². The monoisotopic (exact) mass is 586 g/mol. The summed E-state index contributed by atoms with van der Waals surface area (Å²) in [4.78, 5) is 28.8. The van der Waals surface area contributed by atoms with Crippen LogP contribution in [0.15, 0.2) is 30.3 Å². The molecule has 4 saturated carbocycles. The van der Waals surface area contributed by atoms with Gasteiger partial charge >= 0.3 is 0 Å². The lowest BCUT2D eigenvalue weighted by molar-refractivity contribution is -0.384. The average Bonchev–Trinajstić information content (AvgIpc) is 2.91. The number of halogens is 2. The fraction of sp³-hybridized carbons (Fsp3) is 0.567. The normalized spacial score (nSPS) is 27.9. The lowest BCUT2D eigenvalue weighted by Crippen LogP contribution is -2.53. The van der Waals surface area contributed by atoms with E-state index >= 15 is 0 Å². The molecule has 1 unspecified atom stereocenters. The molecule has 2 aromatic carbocycles. The van der Waals surface area contributed by atoms with Gasteiger partial charge < -0.3 is 19.9 Å². The summed E-state index contributed by atoms with van der Waals surface area (Å²) in [5, 5.41) is 16.2. The molecule has 0 radical (unpaired) electrons. The standard InChI is InChI=1S/C30H36Cl2N4O4/c1-18(30-15-19-9-20(16-30)11-21(10-19)17-30)33-26-14-23(3-4-27(26)36(38)39)34-5-7-35(8-6-34)29(37)22-12-24(31)28(40-2)25(32)13-22/h3-4,12-14,18-21,33H,5-11,15-17H2,1-2H3. The Bertz CT molecular complexity index is 1270. The Balaban J connectivity index is 1.15. The molecular weight excluding hydrogens is 551 g/mol. The number of amides is 1. The molecule has 7 rings (SSSR count). The van der Waals surface area contributed by atoms with Gasteiger partial charge in [0.1, 0.15) is 5.69 Å². The summed E-state index contributed by atoms with van der Waals surface area (Å²) >= 11 is 12.5. The SMILES string of the molecule is COc1c(Cl)cc(C(=O)N2CCN(c3ccc([N+](=O)[O-])c(NC(C)C45CC6CC(CC(C6)C4)C5)c3)CC2)cc1Cl. The minimum atomic E-state index is -0.291. The van der Waals surface area contributed by atoms with Gasteiger partial charge in [-0.25, -0.2) is 0 Å². The molecule has 1 aliphatic heterocycles. The van der Waals surface area contributed by atoms with Crippen molar-refractivity contribution in [3.05, 3.63) is 56.1 Å². The molecule has 8 nitrogen and oxygen atoms in total. The second kappa shape index (κ2) is 10.6. The quantitative estimate of drug-likeness (QED) is 0.281. The predicted molar refractivity (Wildman–Crippen MR) is 158 cm³/mol. The van der Waals surface area contributed by atoms with E-state index in [2.05, 4.69) is 17.1 Å². The zero-order valence-corrected chi connectivity index (χ0v) is 24.5. The van der Waals surface area contributed by atoms with Gasteiger partial charge in [-0.2, -0.15) is 0 Å². The Morgan fingerprint density at radius 2 is 1.60 bits per heavy atom. The highest BCUT2D eigenvalue weighted by Gasteiger charge is 2.53. The van der Waals surface area contributed by atoms with Gasteiger partial charge in [-0.05, 0) is 92.9 Å². The predicted octanol–water partition coefficient (Wildman–Crippen LogP) is 6.89. The van der Waals surface area contributed by atoms with Crippen molar-refractivity contribution in [2.75, 3.05) is 43.5 Å². The molecule has 4 aliphatic carbocycles. The maximum atomic E-state index is 13.2. The second-order valence-electron chi connectivity index (χ2n) is 12.4. The number of hydrogen-bond acceptors (Lipinski definition) is 6. The van der Waals surface area contributed by atoms with E-state index in [-0.39, 0.29) is 28.0 Å². The molecule has 1 N–H and O–H groups in total. The van der Waals surface area contributed by atoms with Crippen LogP contribution < -0.4 is 15.0 Å². The van der Waals surface area contributed by atoms with Crippen LogP contribution in [0.3, 0.4) is 0 Å². The number of benzene rings is 2. The highest BCUT2D eigenvalue weighted by molar-refractivity contribution is 6.37. The number of ether oxygens (including phenoxy) is 1. The van der Waals surface area contributed by atoms with Gasteiger partial charge in [-0.15, -0.1) is 0 Å². The van der Waals surface area contributed by atoms with Crippen molar-refractivity contribution in [2.24, 2.45) is 23.2 Å². The van der Waals surface area contributed by atoms with E-state index in [1.54, 1.807) is 23.1 Å². The molecule has 2 aromatic rings. The third kappa shape index (κ3) is 4.98. The number of rotatable bonds is 7. The van der Waals surface area contributed by atoms with E-state index in [0.717, 1.165) is 23.4 Å². The Morgan fingerprint density at radius 1 is 1.02 bits per heavy atom. The maximum Gasteiger partial charge on any atom is 0.292 e. The molecular formula is C30H36Cl2N4O4. The average molecular weight is 588 g/mol. The fourth-order valence-electron chi connectivity index (χ4n) is 8.32. The zero-order chi connectivity index (χ0) is 28.2. The number of anilines is 2. The number of methoxy groups -OCH3 is 1. The number of nitrogens with zero attached hydrogens (tertiary/aromatic N) is 3. The van der Waals surface area contributed by atoms with Crippen LogP contribution in [-0.4, -0.2) is 55.1 Å². The number of hydrogen-bond donors (Lipinski definition) is 1. The molecule has 1 atom stereocenters. The minimum Gasteiger partial charge on any atom is -0.494 e. The van der Waals surface area contributed by atoms with Crippen molar-refractivity contribution < 1.29 is 14.5 Å². The summed E-state index contributed by atoms with van der Waals surface area (Å²) in [7, 11) is 1.48. The number of nitro groups is 1. The first-order valence-electron chi connectivity index (χ1n) is 14.3. The van der Waals surface area contributed by atoms with Crippen molar-refractivity contribution in [3.8, 4) is 5.75 Å². The molecule has 0 spiro atoms. The first-order chi connectivity index (χ1) is 19.2. The summed E-state index contributed by atoms with van der Waals surface area (Å²) in [6.45, 7) is 4.49. The molecule has 10 heteroatoms. The third-order valence-corrected chi connectivity index (χ3v) is 10.5. The Labute approximate surface area is 245 Å². The second-order valence-corrected chi connectivity index (χ2v) is 13.2. The van der Waals surface area contributed by atoms with Gasteiger partial charge in [0.25, 0.3) is 11.6 Å². The number of piperazine rings is 1. The largest absolute Gasteiger partial charge is 0.494 e. The summed E-state index contributed by atoms with van der Waals surface area (Å²) in [5.74, 6) is 2.67. The fourth-order valence-corrected chi connectivity index (χ4v) is 8.96. The first kappa shape index (κ1) is 27.5. The highest BCUT2D eigenvalue weighted by atomic mass is 35.5. The molecule has 1 amide bonds. The number of carbonyl (C=O) groups excluding carboxylic acids is 1. The van der Waals surface area contributed by atoms with Crippen LogP contribution in [-0.2, 0) is 0 Å². The summed E-state index contributed by atoms with van der Waals surface area (Å²) < 4.78 is 5.19. The smallest absolute Gasteiger partial charge is 0.292 e. The number of nitrogens with one attached hydrogen (secondary N) is 1. The lowest BCUT2D eigenvalue weighted by atomic mass is 9.48. The third-order valence-electron chi connectivity index (χ3n) is 9.93. The first-order valence-corrected chi connectivity index (χ1v) is 15.0. The Kier molecular flexibility index (Phi) is 7.28. The van der Waals surface area contributed by atoms with E-state index in [4.69, 9.17) is 27.9 Å². The summed E-state index contributed by atoms with van der Waals surface area (Å²) in [6.07, 6.45) is 7.82. The van der Waals surface area contributed by atoms with Crippen molar-refractivity contribution in [2.45, 2.75) is 51.5 Å². The number of nitro benzene ring substituents is 1. The van der Waals surface area contributed by atoms with Gasteiger partial charge in [-0.3, -0.25) is 14.9 Å². The van der Waals surface area contributed by atoms with Crippen LogP contribution in [0.5, 0.6) is 5.75 Å².